The highest BCUT2D eigenvalue weighted by molar-refractivity contribution is 8.01. The van der Waals surface area contributed by atoms with Gasteiger partial charge in [-0.15, -0.1) is 11.8 Å². The number of benzene rings is 1. The number of imidazole rings is 1. The van der Waals surface area contributed by atoms with E-state index in [-0.39, 0.29) is 18.4 Å². The summed E-state index contributed by atoms with van der Waals surface area (Å²) in [4.78, 5) is 31.6. The molecule has 0 spiro atoms. The zero-order chi connectivity index (χ0) is 16.6. The Morgan fingerprint density at radius 1 is 1.52 bits per heavy atom. The summed E-state index contributed by atoms with van der Waals surface area (Å²) in [7, 11) is 0. The van der Waals surface area contributed by atoms with Crippen LogP contribution in [0.1, 0.15) is 19.7 Å². The van der Waals surface area contributed by atoms with Crippen LogP contribution in [0.3, 0.4) is 0 Å². The fourth-order valence-corrected chi connectivity index (χ4v) is 3.46. The summed E-state index contributed by atoms with van der Waals surface area (Å²) >= 11 is 7.41. The van der Waals surface area contributed by atoms with Crippen LogP contribution in [0, 0.1) is 0 Å². The van der Waals surface area contributed by atoms with Gasteiger partial charge in [0.05, 0.1) is 22.3 Å². The third-order valence-electron chi connectivity index (χ3n) is 3.70. The van der Waals surface area contributed by atoms with Crippen LogP contribution in [0.4, 0.5) is 0 Å². The Morgan fingerprint density at radius 3 is 3.04 bits per heavy atom. The van der Waals surface area contributed by atoms with Crippen molar-refractivity contribution in [1.82, 2.24) is 20.6 Å². The summed E-state index contributed by atoms with van der Waals surface area (Å²) in [5.41, 5.74) is 1.62. The minimum absolute atomic E-state index is 0.118. The summed E-state index contributed by atoms with van der Waals surface area (Å²) < 4.78 is -0.491. The second kappa shape index (κ2) is 6.05. The Hall–Kier alpha value is -1.73. The van der Waals surface area contributed by atoms with Crippen molar-refractivity contribution < 1.29 is 9.59 Å². The highest BCUT2D eigenvalue weighted by Gasteiger charge is 2.37. The Bertz CT molecular complexity index is 774. The monoisotopic (exact) mass is 352 g/mol. The van der Waals surface area contributed by atoms with E-state index in [9.17, 15) is 9.59 Å². The first-order valence-electron chi connectivity index (χ1n) is 7.22. The number of hydrogen-bond donors (Lipinski definition) is 3. The van der Waals surface area contributed by atoms with Crippen molar-refractivity contribution in [1.29, 1.82) is 0 Å². The SMILES string of the molecule is CC1(C)SCC(C(=O)NCc2nc3ccc(Cl)cc3[nH]2)NC1=O. The van der Waals surface area contributed by atoms with Crippen LogP contribution in [0.2, 0.25) is 5.02 Å². The maximum absolute atomic E-state index is 12.2. The molecule has 2 heterocycles. The van der Waals surface area contributed by atoms with Crippen LogP contribution >= 0.6 is 23.4 Å². The molecule has 1 aromatic heterocycles. The first-order chi connectivity index (χ1) is 10.8. The predicted molar refractivity (Wildman–Crippen MR) is 91.4 cm³/mol. The van der Waals surface area contributed by atoms with Gasteiger partial charge < -0.3 is 15.6 Å². The van der Waals surface area contributed by atoms with Gasteiger partial charge in [0.2, 0.25) is 11.8 Å². The smallest absolute Gasteiger partial charge is 0.243 e. The topological polar surface area (TPSA) is 86.9 Å². The fourth-order valence-electron chi connectivity index (χ4n) is 2.28. The van der Waals surface area contributed by atoms with E-state index in [1.165, 1.54) is 11.8 Å². The molecule has 6 nitrogen and oxygen atoms in total. The molecule has 1 unspecified atom stereocenters. The molecular formula is C15H17ClN4O2S. The Kier molecular flexibility index (Phi) is 4.25. The number of nitrogens with one attached hydrogen (secondary N) is 3. The number of carbonyl (C=O) groups excluding carboxylic acids is 2. The highest BCUT2D eigenvalue weighted by Crippen LogP contribution is 2.29. The summed E-state index contributed by atoms with van der Waals surface area (Å²) in [6.07, 6.45) is 0. The van der Waals surface area contributed by atoms with Gasteiger partial charge in [-0.2, -0.15) is 0 Å². The number of fused-ring (bicyclic) bond motifs is 1. The first-order valence-corrected chi connectivity index (χ1v) is 8.58. The molecule has 2 aromatic rings. The molecule has 0 aliphatic carbocycles. The zero-order valence-electron chi connectivity index (χ0n) is 12.8. The van der Waals surface area contributed by atoms with E-state index in [2.05, 4.69) is 20.6 Å². The third-order valence-corrected chi connectivity index (χ3v) is 5.34. The molecule has 2 amide bonds. The second-order valence-electron chi connectivity index (χ2n) is 5.91. The predicted octanol–water partition coefficient (Wildman–Crippen LogP) is 1.84. The normalized spacial score (nSPS) is 20.3. The molecule has 1 aliphatic heterocycles. The third kappa shape index (κ3) is 3.45. The molecule has 0 radical (unpaired) electrons. The van der Waals surface area contributed by atoms with Gasteiger partial charge in [0.15, 0.2) is 0 Å². The largest absolute Gasteiger partial charge is 0.347 e. The fraction of sp³-hybridized carbons (Fsp3) is 0.400. The van der Waals surface area contributed by atoms with Gasteiger partial charge in [-0.1, -0.05) is 11.6 Å². The van der Waals surface area contributed by atoms with Crippen molar-refractivity contribution >= 4 is 46.2 Å². The zero-order valence-corrected chi connectivity index (χ0v) is 14.3. The second-order valence-corrected chi connectivity index (χ2v) is 7.99. The van der Waals surface area contributed by atoms with Crippen LogP contribution in [-0.4, -0.2) is 38.3 Å². The summed E-state index contributed by atoms with van der Waals surface area (Å²) in [5, 5.41) is 6.18. The number of nitrogens with zero attached hydrogens (tertiary/aromatic N) is 1. The van der Waals surface area contributed by atoms with E-state index in [4.69, 9.17) is 11.6 Å². The number of aromatic amines is 1. The molecule has 1 aromatic carbocycles. The van der Waals surface area contributed by atoms with Gasteiger partial charge in [0, 0.05) is 10.8 Å². The van der Waals surface area contributed by atoms with E-state index in [0.29, 0.717) is 16.6 Å². The Morgan fingerprint density at radius 2 is 2.30 bits per heavy atom. The van der Waals surface area contributed by atoms with Crippen molar-refractivity contribution in [3.05, 3.63) is 29.0 Å². The lowest BCUT2D eigenvalue weighted by Gasteiger charge is -2.32. The number of amides is 2. The van der Waals surface area contributed by atoms with Crippen LogP contribution in [0.25, 0.3) is 11.0 Å². The van der Waals surface area contributed by atoms with Crippen molar-refractivity contribution in [3.8, 4) is 0 Å². The van der Waals surface area contributed by atoms with Gasteiger partial charge in [0.25, 0.3) is 0 Å². The summed E-state index contributed by atoms with van der Waals surface area (Å²) in [6, 6.07) is 4.86. The number of H-pyrrole nitrogens is 1. The van der Waals surface area contributed by atoms with Crippen molar-refractivity contribution in [2.45, 2.75) is 31.2 Å². The average molecular weight is 353 g/mol. The van der Waals surface area contributed by atoms with Crippen LogP contribution in [0.15, 0.2) is 18.2 Å². The molecule has 0 bridgehead atoms. The van der Waals surface area contributed by atoms with Gasteiger partial charge in [-0.3, -0.25) is 9.59 Å². The Labute approximate surface area is 142 Å². The summed E-state index contributed by atoms with van der Waals surface area (Å²) in [6.45, 7) is 3.97. The molecule has 1 aliphatic rings. The van der Waals surface area contributed by atoms with E-state index in [1.54, 1.807) is 12.1 Å². The van der Waals surface area contributed by atoms with Gasteiger partial charge >= 0.3 is 0 Å². The van der Waals surface area contributed by atoms with Crippen molar-refractivity contribution in [2.24, 2.45) is 0 Å². The van der Waals surface area contributed by atoms with Gasteiger partial charge in [-0.25, -0.2) is 4.98 Å². The van der Waals surface area contributed by atoms with Crippen LogP contribution < -0.4 is 10.6 Å². The quantitative estimate of drug-likeness (QED) is 0.786. The number of rotatable bonds is 3. The molecule has 122 valence electrons. The number of aromatic nitrogens is 2. The lowest BCUT2D eigenvalue weighted by atomic mass is 10.1. The Balaban J connectivity index is 1.61. The molecule has 1 atom stereocenters. The van der Waals surface area contributed by atoms with E-state index in [0.717, 1.165) is 11.0 Å². The minimum atomic E-state index is -0.514. The lowest BCUT2D eigenvalue weighted by molar-refractivity contribution is -0.129. The minimum Gasteiger partial charge on any atom is -0.347 e. The number of hydrogen-bond acceptors (Lipinski definition) is 4. The molecule has 8 heteroatoms. The number of thioether (sulfide) groups is 1. The van der Waals surface area contributed by atoms with Crippen LogP contribution in [0.5, 0.6) is 0 Å². The van der Waals surface area contributed by atoms with E-state index < -0.39 is 10.8 Å². The molecule has 23 heavy (non-hydrogen) atoms. The van der Waals surface area contributed by atoms with Crippen molar-refractivity contribution in [2.75, 3.05) is 5.75 Å². The highest BCUT2D eigenvalue weighted by atomic mass is 35.5. The first kappa shape index (κ1) is 16.1. The maximum Gasteiger partial charge on any atom is 0.243 e. The van der Waals surface area contributed by atoms with E-state index in [1.807, 2.05) is 19.9 Å². The standard InChI is InChI=1S/C15H17ClN4O2S/c1-15(2)14(22)20-11(7-23-15)13(21)17-6-12-18-9-4-3-8(16)5-10(9)19-12/h3-5,11H,6-7H2,1-2H3,(H,17,21)(H,18,19)(H,20,22). The molecule has 3 N–H and O–H groups in total. The number of carbonyl (C=O) groups is 2. The van der Waals surface area contributed by atoms with Gasteiger partial charge in [0.1, 0.15) is 11.9 Å². The van der Waals surface area contributed by atoms with Crippen LogP contribution in [-0.2, 0) is 16.1 Å². The molecule has 0 saturated carbocycles. The lowest BCUT2D eigenvalue weighted by Crippen LogP contribution is -2.57. The summed E-state index contributed by atoms with van der Waals surface area (Å²) in [5.74, 6) is 0.873. The average Bonchev–Trinajstić information content (AvgIpc) is 2.89. The van der Waals surface area contributed by atoms with E-state index >= 15 is 0 Å². The van der Waals surface area contributed by atoms with Gasteiger partial charge in [-0.05, 0) is 32.0 Å². The number of halogens is 1. The molecule has 1 fully saturated rings. The van der Waals surface area contributed by atoms with Crippen molar-refractivity contribution in [3.63, 3.8) is 0 Å². The molecule has 1 saturated heterocycles. The molecule has 3 rings (SSSR count). The maximum atomic E-state index is 12.2. The molecular weight excluding hydrogens is 336 g/mol.